The predicted molar refractivity (Wildman–Crippen MR) is 120 cm³/mol. The maximum Gasteiger partial charge on any atom is 0.277 e. The number of nitrogens with zero attached hydrogens (tertiary/aromatic N) is 4. The van der Waals surface area contributed by atoms with Gasteiger partial charge in [0.2, 0.25) is 0 Å². The van der Waals surface area contributed by atoms with Gasteiger partial charge in [-0.05, 0) is 12.1 Å². The Labute approximate surface area is 183 Å². The number of hydrogen-bond donors (Lipinski definition) is 1. The second-order valence-corrected chi connectivity index (χ2v) is 6.96. The minimum absolute atomic E-state index is 0.245. The number of carbonyl (C=O) groups is 1. The molecule has 0 saturated carbocycles. The molecule has 0 radical (unpaired) electrons. The molecule has 1 N–H and O–H groups in total. The van der Waals surface area contributed by atoms with Crippen LogP contribution in [0.2, 0.25) is 0 Å². The molecule has 0 heterocycles. The Balaban J connectivity index is 1.98. The average molecular weight is 433 g/mol. The molecule has 3 aromatic rings. The zero-order valence-corrected chi connectivity index (χ0v) is 17.3. The van der Waals surface area contributed by atoms with Gasteiger partial charge in [-0.15, -0.1) is 0 Å². The zero-order valence-electron chi connectivity index (χ0n) is 17.3. The van der Waals surface area contributed by atoms with Gasteiger partial charge in [0, 0.05) is 43.0 Å². The smallest absolute Gasteiger partial charge is 0.277 e. The number of non-ortho nitro benzene ring substituents is 2. The minimum Gasteiger partial charge on any atom is -0.378 e. The highest BCUT2D eigenvalue weighted by atomic mass is 16.6. The second kappa shape index (κ2) is 9.47. The van der Waals surface area contributed by atoms with Gasteiger partial charge in [-0.25, -0.2) is 5.43 Å². The number of benzene rings is 3. The number of nitro groups is 2. The van der Waals surface area contributed by atoms with Gasteiger partial charge in [0.15, 0.2) is 0 Å². The van der Waals surface area contributed by atoms with Crippen molar-refractivity contribution in [2.45, 2.75) is 0 Å². The highest BCUT2D eigenvalue weighted by Crippen LogP contribution is 2.23. The van der Waals surface area contributed by atoms with Crippen LogP contribution < -0.4 is 10.3 Å². The SMILES string of the molecule is CN(C)c1ccc(/C(=N/NC(=O)c2cc([N+](=O)[O-])cc([N+](=O)[O-])c2)c2ccccc2)cc1. The zero-order chi connectivity index (χ0) is 23.3. The number of nitrogens with one attached hydrogen (secondary N) is 1. The molecule has 1 amide bonds. The topological polar surface area (TPSA) is 131 Å². The molecule has 0 saturated heterocycles. The van der Waals surface area contributed by atoms with Crippen LogP contribution in [0.1, 0.15) is 21.5 Å². The summed E-state index contributed by atoms with van der Waals surface area (Å²) in [5.41, 5.74) is 3.90. The van der Waals surface area contributed by atoms with Gasteiger partial charge in [0.1, 0.15) is 0 Å². The van der Waals surface area contributed by atoms with Crippen molar-refractivity contribution in [3.63, 3.8) is 0 Å². The van der Waals surface area contributed by atoms with Crippen LogP contribution in [0.15, 0.2) is 77.9 Å². The molecule has 0 fully saturated rings. The minimum atomic E-state index is -0.810. The summed E-state index contributed by atoms with van der Waals surface area (Å²) < 4.78 is 0. The summed E-state index contributed by atoms with van der Waals surface area (Å²) >= 11 is 0. The number of rotatable bonds is 7. The van der Waals surface area contributed by atoms with Crippen LogP contribution in [0.5, 0.6) is 0 Å². The Bertz CT molecular complexity index is 1160. The van der Waals surface area contributed by atoms with Gasteiger partial charge in [-0.3, -0.25) is 25.0 Å². The third-order valence-electron chi connectivity index (χ3n) is 4.56. The largest absolute Gasteiger partial charge is 0.378 e. The van der Waals surface area contributed by atoms with E-state index in [0.717, 1.165) is 35.0 Å². The Morgan fingerprint density at radius 3 is 1.84 bits per heavy atom. The fraction of sp³-hybridized carbons (Fsp3) is 0.0909. The van der Waals surface area contributed by atoms with Gasteiger partial charge in [0.05, 0.1) is 27.2 Å². The summed E-state index contributed by atoms with van der Waals surface area (Å²) in [6.45, 7) is 0. The lowest BCUT2D eigenvalue weighted by Crippen LogP contribution is -2.21. The van der Waals surface area contributed by atoms with Crippen LogP contribution >= 0.6 is 0 Å². The molecule has 0 unspecified atom stereocenters. The monoisotopic (exact) mass is 433 g/mol. The van der Waals surface area contributed by atoms with E-state index in [4.69, 9.17) is 0 Å². The Morgan fingerprint density at radius 1 is 0.812 bits per heavy atom. The van der Waals surface area contributed by atoms with Crippen molar-refractivity contribution in [3.8, 4) is 0 Å². The maximum atomic E-state index is 12.6. The van der Waals surface area contributed by atoms with E-state index in [1.54, 1.807) is 0 Å². The number of nitro benzene ring substituents is 2. The first-order valence-corrected chi connectivity index (χ1v) is 9.41. The Morgan fingerprint density at radius 2 is 1.34 bits per heavy atom. The van der Waals surface area contributed by atoms with Crippen LogP contribution in [0.25, 0.3) is 0 Å². The van der Waals surface area contributed by atoms with Crippen LogP contribution in [0.3, 0.4) is 0 Å². The molecule has 162 valence electrons. The van der Waals surface area contributed by atoms with Crippen LogP contribution in [0, 0.1) is 20.2 Å². The van der Waals surface area contributed by atoms with Gasteiger partial charge in [-0.2, -0.15) is 5.10 Å². The highest BCUT2D eigenvalue weighted by Gasteiger charge is 2.20. The molecule has 3 aromatic carbocycles. The molecule has 0 aliphatic carbocycles. The number of carbonyl (C=O) groups excluding carboxylic acids is 1. The van der Waals surface area contributed by atoms with Crippen molar-refractivity contribution < 1.29 is 14.6 Å². The molecule has 0 aliphatic rings. The van der Waals surface area contributed by atoms with E-state index in [9.17, 15) is 25.0 Å². The fourth-order valence-electron chi connectivity index (χ4n) is 2.92. The standard InChI is InChI=1S/C22H19N5O5/c1-25(2)18-10-8-16(9-11-18)21(15-6-4-3-5-7-15)23-24-22(28)17-12-19(26(29)30)14-20(13-17)27(31)32/h3-14H,1-2H3,(H,24,28)/b23-21+. The van der Waals surface area contributed by atoms with Gasteiger partial charge >= 0.3 is 0 Å². The molecular formula is C22H19N5O5. The highest BCUT2D eigenvalue weighted by molar-refractivity contribution is 6.13. The maximum absolute atomic E-state index is 12.6. The number of amides is 1. The molecule has 10 heteroatoms. The van der Waals surface area contributed by atoms with Gasteiger partial charge < -0.3 is 4.90 Å². The third-order valence-corrected chi connectivity index (χ3v) is 4.56. The summed E-state index contributed by atoms with van der Waals surface area (Å²) in [6, 6.07) is 19.4. The average Bonchev–Trinajstić information content (AvgIpc) is 2.79. The summed E-state index contributed by atoms with van der Waals surface area (Å²) in [5.74, 6) is -0.810. The van der Waals surface area contributed by atoms with E-state index >= 15 is 0 Å². The normalized spacial score (nSPS) is 11.0. The van der Waals surface area contributed by atoms with E-state index in [1.165, 1.54) is 0 Å². The molecular weight excluding hydrogens is 414 g/mol. The molecule has 0 atom stereocenters. The Hall–Kier alpha value is -4.60. The second-order valence-electron chi connectivity index (χ2n) is 6.96. The lowest BCUT2D eigenvalue weighted by atomic mass is 10.0. The first-order valence-electron chi connectivity index (χ1n) is 9.41. The molecule has 10 nitrogen and oxygen atoms in total. The van der Waals surface area contributed by atoms with Crippen molar-refractivity contribution in [1.29, 1.82) is 0 Å². The third kappa shape index (κ3) is 5.11. The molecule has 0 spiro atoms. The van der Waals surface area contributed by atoms with Gasteiger partial charge in [0.25, 0.3) is 17.3 Å². The van der Waals surface area contributed by atoms with Crippen LogP contribution in [0.4, 0.5) is 17.1 Å². The first-order chi connectivity index (χ1) is 15.3. The summed E-state index contributed by atoms with van der Waals surface area (Å²) in [5, 5.41) is 26.4. The molecule has 0 aromatic heterocycles. The van der Waals surface area contributed by atoms with E-state index in [0.29, 0.717) is 5.71 Å². The lowest BCUT2D eigenvalue weighted by molar-refractivity contribution is -0.394. The van der Waals surface area contributed by atoms with Crippen LogP contribution in [-0.2, 0) is 0 Å². The van der Waals surface area contributed by atoms with Crippen molar-refractivity contribution in [1.82, 2.24) is 5.43 Å². The molecule has 0 bridgehead atoms. The molecule has 0 aliphatic heterocycles. The summed E-state index contributed by atoms with van der Waals surface area (Å²) in [4.78, 5) is 35.2. The van der Waals surface area contributed by atoms with E-state index in [2.05, 4.69) is 10.5 Å². The van der Waals surface area contributed by atoms with Crippen molar-refractivity contribution in [3.05, 3.63) is 110 Å². The molecule has 3 rings (SSSR count). The summed E-state index contributed by atoms with van der Waals surface area (Å²) in [6.07, 6.45) is 0. The number of anilines is 1. The summed E-state index contributed by atoms with van der Waals surface area (Å²) in [7, 11) is 3.83. The lowest BCUT2D eigenvalue weighted by Gasteiger charge is -2.14. The van der Waals surface area contributed by atoms with E-state index < -0.39 is 27.1 Å². The van der Waals surface area contributed by atoms with Crippen LogP contribution in [-0.4, -0.2) is 35.6 Å². The van der Waals surface area contributed by atoms with E-state index in [-0.39, 0.29) is 5.56 Å². The van der Waals surface area contributed by atoms with Crippen molar-refractivity contribution in [2.75, 3.05) is 19.0 Å². The van der Waals surface area contributed by atoms with E-state index in [1.807, 2.05) is 73.6 Å². The predicted octanol–water partition coefficient (Wildman–Crippen LogP) is 3.75. The first kappa shape index (κ1) is 22.1. The quantitative estimate of drug-likeness (QED) is 0.343. The number of hydrazone groups is 1. The number of hydrogen-bond acceptors (Lipinski definition) is 7. The van der Waals surface area contributed by atoms with Crippen molar-refractivity contribution >= 4 is 28.7 Å². The Kier molecular flexibility index (Phi) is 6.54. The van der Waals surface area contributed by atoms with Crippen molar-refractivity contribution in [2.24, 2.45) is 5.10 Å². The van der Waals surface area contributed by atoms with Gasteiger partial charge in [-0.1, -0.05) is 42.5 Å². The fourth-order valence-corrected chi connectivity index (χ4v) is 2.92. The molecule has 32 heavy (non-hydrogen) atoms.